The highest BCUT2D eigenvalue weighted by atomic mass is 16.5. The number of aryl methyl sites for hydroxylation is 1. The standard InChI is InChI=1S/C22H28N4O2/c1-15-6-4-8-18(20(15)28-3)22(27)26-10-5-7-16(14-26)21-23-12-17-13-25(2)11-9-19(17)24-21/h4,6,8,12,16H,5,7,9-11,13-14H2,1-3H3/t16-/m0/s1. The van der Waals surface area contributed by atoms with Gasteiger partial charge in [0.05, 0.1) is 12.7 Å². The van der Waals surface area contributed by atoms with Gasteiger partial charge in [0.1, 0.15) is 11.6 Å². The van der Waals surface area contributed by atoms with Crippen molar-refractivity contribution in [3.05, 3.63) is 52.6 Å². The van der Waals surface area contributed by atoms with Gasteiger partial charge >= 0.3 is 0 Å². The van der Waals surface area contributed by atoms with Gasteiger partial charge in [0.2, 0.25) is 0 Å². The van der Waals surface area contributed by atoms with Gasteiger partial charge in [0.15, 0.2) is 0 Å². The van der Waals surface area contributed by atoms with E-state index < -0.39 is 0 Å². The number of piperidine rings is 1. The summed E-state index contributed by atoms with van der Waals surface area (Å²) in [6.45, 7) is 5.34. The van der Waals surface area contributed by atoms with E-state index >= 15 is 0 Å². The van der Waals surface area contributed by atoms with E-state index in [1.165, 1.54) is 11.3 Å². The summed E-state index contributed by atoms with van der Waals surface area (Å²) in [5.74, 6) is 1.78. The van der Waals surface area contributed by atoms with Crippen molar-refractivity contribution in [1.82, 2.24) is 19.8 Å². The monoisotopic (exact) mass is 380 g/mol. The topological polar surface area (TPSA) is 58.6 Å². The Bertz CT molecular complexity index is 883. The van der Waals surface area contributed by atoms with Crippen LogP contribution in [-0.2, 0) is 13.0 Å². The molecule has 1 amide bonds. The van der Waals surface area contributed by atoms with Crippen LogP contribution in [0.3, 0.4) is 0 Å². The number of likely N-dealkylation sites (tertiary alicyclic amines) is 1. The second-order valence-corrected chi connectivity index (χ2v) is 7.93. The zero-order valence-corrected chi connectivity index (χ0v) is 16.9. The van der Waals surface area contributed by atoms with E-state index in [0.717, 1.165) is 50.3 Å². The Morgan fingerprint density at radius 2 is 2.14 bits per heavy atom. The molecule has 2 aliphatic heterocycles. The average Bonchev–Trinajstić information content (AvgIpc) is 2.72. The molecule has 0 radical (unpaired) electrons. The zero-order chi connectivity index (χ0) is 19.7. The summed E-state index contributed by atoms with van der Waals surface area (Å²) in [7, 11) is 3.75. The van der Waals surface area contributed by atoms with Crippen molar-refractivity contribution >= 4 is 5.91 Å². The lowest BCUT2D eigenvalue weighted by Gasteiger charge is -2.33. The minimum atomic E-state index is 0.0323. The fraction of sp³-hybridized carbons (Fsp3) is 0.500. The van der Waals surface area contributed by atoms with E-state index in [4.69, 9.17) is 9.72 Å². The molecule has 0 aliphatic carbocycles. The van der Waals surface area contributed by atoms with Crippen LogP contribution in [0.4, 0.5) is 0 Å². The second-order valence-electron chi connectivity index (χ2n) is 7.93. The third kappa shape index (κ3) is 3.61. The zero-order valence-electron chi connectivity index (χ0n) is 16.9. The minimum Gasteiger partial charge on any atom is -0.496 e. The molecule has 148 valence electrons. The van der Waals surface area contributed by atoms with E-state index in [9.17, 15) is 4.79 Å². The molecule has 2 aliphatic rings. The molecule has 1 aromatic carbocycles. The van der Waals surface area contributed by atoms with Gasteiger partial charge in [-0.25, -0.2) is 9.97 Å². The van der Waals surface area contributed by atoms with Crippen molar-refractivity contribution < 1.29 is 9.53 Å². The molecule has 2 aromatic rings. The Hall–Kier alpha value is -2.47. The minimum absolute atomic E-state index is 0.0323. The van der Waals surface area contributed by atoms with Crippen LogP contribution in [0.15, 0.2) is 24.4 Å². The number of ether oxygens (including phenoxy) is 1. The van der Waals surface area contributed by atoms with Gasteiger partial charge in [-0.3, -0.25) is 4.79 Å². The van der Waals surface area contributed by atoms with Crippen molar-refractivity contribution in [1.29, 1.82) is 0 Å². The van der Waals surface area contributed by atoms with Crippen molar-refractivity contribution in [3.63, 3.8) is 0 Å². The van der Waals surface area contributed by atoms with Crippen LogP contribution in [0.1, 0.15) is 51.8 Å². The van der Waals surface area contributed by atoms with Gasteiger partial charge in [-0.1, -0.05) is 12.1 Å². The molecular weight excluding hydrogens is 352 g/mol. The van der Waals surface area contributed by atoms with Crippen LogP contribution in [0.25, 0.3) is 0 Å². The third-order valence-corrected chi connectivity index (χ3v) is 5.86. The van der Waals surface area contributed by atoms with Crippen LogP contribution >= 0.6 is 0 Å². The maximum Gasteiger partial charge on any atom is 0.257 e. The Labute approximate surface area is 166 Å². The van der Waals surface area contributed by atoms with Crippen molar-refractivity contribution in [3.8, 4) is 5.75 Å². The summed E-state index contributed by atoms with van der Waals surface area (Å²) < 4.78 is 5.49. The van der Waals surface area contributed by atoms with E-state index in [1.807, 2.05) is 36.2 Å². The molecule has 28 heavy (non-hydrogen) atoms. The molecule has 6 nitrogen and oxygen atoms in total. The maximum atomic E-state index is 13.2. The first-order valence-corrected chi connectivity index (χ1v) is 10.0. The molecule has 0 unspecified atom stereocenters. The van der Waals surface area contributed by atoms with Crippen LogP contribution < -0.4 is 4.74 Å². The SMILES string of the molecule is COc1c(C)cccc1C(=O)N1CCC[C@H](c2ncc3c(n2)CCN(C)C3)C1. The van der Waals surface area contributed by atoms with E-state index in [-0.39, 0.29) is 11.8 Å². The summed E-state index contributed by atoms with van der Waals surface area (Å²) in [5, 5.41) is 0. The number of benzene rings is 1. The predicted molar refractivity (Wildman–Crippen MR) is 108 cm³/mol. The summed E-state index contributed by atoms with van der Waals surface area (Å²) in [6, 6.07) is 5.73. The lowest BCUT2D eigenvalue weighted by Crippen LogP contribution is -2.40. The van der Waals surface area contributed by atoms with Gasteiger partial charge in [-0.05, 0) is 38.4 Å². The average molecular weight is 380 g/mol. The number of aromatic nitrogens is 2. The number of para-hydroxylation sites is 1. The smallest absolute Gasteiger partial charge is 0.257 e. The number of fused-ring (bicyclic) bond motifs is 1. The van der Waals surface area contributed by atoms with Crippen molar-refractivity contribution in [2.45, 2.75) is 38.6 Å². The number of rotatable bonds is 3. The molecule has 0 bridgehead atoms. The molecule has 6 heteroatoms. The normalized spacial score (nSPS) is 20.0. The molecule has 0 spiro atoms. The molecule has 0 N–H and O–H groups in total. The first-order valence-electron chi connectivity index (χ1n) is 10.0. The first kappa shape index (κ1) is 18.9. The molecule has 1 atom stereocenters. The predicted octanol–water partition coefficient (Wildman–Crippen LogP) is 2.80. The second kappa shape index (κ2) is 7.87. The number of methoxy groups -OCH3 is 1. The Morgan fingerprint density at radius 1 is 1.29 bits per heavy atom. The quantitative estimate of drug-likeness (QED) is 0.820. The lowest BCUT2D eigenvalue weighted by atomic mass is 9.95. The van der Waals surface area contributed by atoms with Crippen molar-refractivity contribution in [2.75, 3.05) is 33.8 Å². The van der Waals surface area contributed by atoms with Crippen LogP contribution in [0.5, 0.6) is 5.75 Å². The highest BCUT2D eigenvalue weighted by Crippen LogP contribution is 2.30. The summed E-state index contributed by atoms with van der Waals surface area (Å²) >= 11 is 0. The van der Waals surface area contributed by atoms with Crippen molar-refractivity contribution in [2.24, 2.45) is 0 Å². The third-order valence-electron chi connectivity index (χ3n) is 5.86. The van der Waals surface area contributed by atoms with E-state index in [1.54, 1.807) is 7.11 Å². The largest absolute Gasteiger partial charge is 0.496 e. The number of likely N-dealkylation sites (N-methyl/N-ethyl adjacent to an activating group) is 1. The van der Waals surface area contributed by atoms with Gasteiger partial charge in [-0.15, -0.1) is 0 Å². The van der Waals surface area contributed by atoms with Gasteiger partial charge in [-0.2, -0.15) is 0 Å². The van der Waals surface area contributed by atoms with Gasteiger partial charge < -0.3 is 14.5 Å². The Morgan fingerprint density at radius 3 is 2.96 bits per heavy atom. The highest BCUT2D eigenvalue weighted by molar-refractivity contribution is 5.97. The van der Waals surface area contributed by atoms with Crippen LogP contribution in [0.2, 0.25) is 0 Å². The highest BCUT2D eigenvalue weighted by Gasteiger charge is 2.29. The molecule has 4 rings (SSSR count). The molecule has 1 fully saturated rings. The Kier molecular flexibility index (Phi) is 5.31. The Balaban J connectivity index is 1.54. The number of amides is 1. The molecule has 1 aromatic heterocycles. The summed E-state index contributed by atoms with van der Waals surface area (Å²) in [6.07, 6.45) is 4.94. The molecule has 3 heterocycles. The fourth-order valence-corrected chi connectivity index (χ4v) is 4.30. The molecule has 0 saturated carbocycles. The number of carbonyl (C=O) groups is 1. The van der Waals surface area contributed by atoms with Gasteiger partial charge in [0.25, 0.3) is 5.91 Å². The molecule has 1 saturated heterocycles. The van der Waals surface area contributed by atoms with E-state index in [0.29, 0.717) is 17.9 Å². The van der Waals surface area contributed by atoms with Crippen LogP contribution in [0, 0.1) is 6.92 Å². The lowest BCUT2D eigenvalue weighted by molar-refractivity contribution is 0.0701. The number of hydrogen-bond donors (Lipinski definition) is 0. The number of carbonyl (C=O) groups excluding carboxylic acids is 1. The fourth-order valence-electron chi connectivity index (χ4n) is 4.30. The maximum absolute atomic E-state index is 13.2. The number of nitrogens with zero attached hydrogens (tertiary/aromatic N) is 4. The first-order chi connectivity index (χ1) is 13.6. The van der Waals surface area contributed by atoms with E-state index in [2.05, 4.69) is 16.9 Å². The van der Waals surface area contributed by atoms with Crippen LogP contribution in [-0.4, -0.2) is 59.5 Å². The summed E-state index contributed by atoms with van der Waals surface area (Å²) in [5.41, 5.74) is 4.01. The summed E-state index contributed by atoms with van der Waals surface area (Å²) in [4.78, 5) is 27.0. The number of hydrogen-bond acceptors (Lipinski definition) is 5. The van der Waals surface area contributed by atoms with Gasteiger partial charge in [0, 0.05) is 56.0 Å². The molecular formula is C22H28N4O2.